The van der Waals surface area contributed by atoms with Crippen LogP contribution in [0, 0.1) is 17.1 Å². The number of nitrogens with one attached hydrogen (secondary N) is 1. The van der Waals surface area contributed by atoms with E-state index in [1.165, 1.54) is 16.8 Å². The summed E-state index contributed by atoms with van der Waals surface area (Å²) in [6.45, 7) is 0.343. The normalized spacial score (nSPS) is 10.5. The van der Waals surface area contributed by atoms with Crippen molar-refractivity contribution in [1.82, 2.24) is 15.1 Å². The number of rotatable bonds is 6. The summed E-state index contributed by atoms with van der Waals surface area (Å²) in [6, 6.07) is 15.0. The van der Waals surface area contributed by atoms with Crippen LogP contribution in [0.15, 0.2) is 48.5 Å². The van der Waals surface area contributed by atoms with Gasteiger partial charge in [0.05, 0.1) is 22.0 Å². The van der Waals surface area contributed by atoms with Crippen molar-refractivity contribution in [3.63, 3.8) is 0 Å². The zero-order valence-corrected chi connectivity index (χ0v) is 15.6. The highest BCUT2D eigenvalue weighted by atomic mass is 35.5. The summed E-state index contributed by atoms with van der Waals surface area (Å²) in [7, 11) is 0. The number of anilines is 1. The number of para-hydroxylation sites is 1. The summed E-state index contributed by atoms with van der Waals surface area (Å²) < 4.78 is 14.6. The monoisotopic (exact) mass is 397 g/mol. The van der Waals surface area contributed by atoms with E-state index in [0.717, 1.165) is 11.8 Å². The van der Waals surface area contributed by atoms with E-state index in [4.69, 9.17) is 17.3 Å². The van der Waals surface area contributed by atoms with Gasteiger partial charge >= 0.3 is 0 Å². The molecule has 0 fully saturated rings. The molecule has 0 saturated carbocycles. The number of aromatic nitrogens is 2. The predicted octanol–water partition coefficient (Wildman–Crippen LogP) is 3.48. The predicted molar refractivity (Wildman–Crippen MR) is 105 cm³/mol. The zero-order valence-electron chi connectivity index (χ0n) is 14.8. The molecule has 0 radical (unpaired) electrons. The third kappa shape index (κ3) is 4.13. The van der Waals surface area contributed by atoms with Gasteiger partial charge in [-0.1, -0.05) is 29.8 Å². The average Bonchev–Trinajstić information content (AvgIpc) is 3.01. The summed E-state index contributed by atoms with van der Waals surface area (Å²) in [6.07, 6.45) is 1.01. The third-order valence-corrected chi connectivity index (χ3v) is 4.47. The van der Waals surface area contributed by atoms with Crippen molar-refractivity contribution in [2.24, 2.45) is 0 Å². The highest BCUT2D eigenvalue weighted by Gasteiger charge is 2.16. The second kappa shape index (κ2) is 8.55. The van der Waals surface area contributed by atoms with E-state index in [1.807, 2.05) is 30.3 Å². The molecule has 142 valence electrons. The number of aryl methyl sites for hydroxylation is 1. The van der Waals surface area contributed by atoms with Crippen LogP contribution in [0.1, 0.15) is 28.0 Å². The fourth-order valence-corrected chi connectivity index (χ4v) is 3.02. The molecule has 3 N–H and O–H groups in total. The maximum atomic E-state index is 13.1. The molecule has 0 bridgehead atoms. The lowest BCUT2D eigenvalue weighted by Crippen LogP contribution is -2.25. The van der Waals surface area contributed by atoms with Crippen LogP contribution in [-0.4, -0.2) is 22.2 Å². The number of carbonyl (C=O) groups excluding carboxylic acids is 1. The number of nitrogens with zero attached hydrogens (tertiary/aromatic N) is 3. The Hall–Kier alpha value is -3.37. The Morgan fingerprint density at radius 1 is 1.29 bits per heavy atom. The molecule has 8 heteroatoms. The van der Waals surface area contributed by atoms with Gasteiger partial charge in [-0.25, -0.2) is 9.07 Å². The molecule has 6 nitrogen and oxygen atoms in total. The van der Waals surface area contributed by atoms with Gasteiger partial charge in [-0.2, -0.15) is 10.4 Å². The van der Waals surface area contributed by atoms with Crippen molar-refractivity contribution in [2.45, 2.75) is 12.8 Å². The highest BCUT2D eigenvalue weighted by molar-refractivity contribution is 6.33. The van der Waals surface area contributed by atoms with E-state index in [1.54, 1.807) is 0 Å². The van der Waals surface area contributed by atoms with Crippen LogP contribution in [0.3, 0.4) is 0 Å². The number of nitrogens with two attached hydrogens (primary N) is 1. The van der Waals surface area contributed by atoms with Crippen molar-refractivity contribution in [3.8, 4) is 11.8 Å². The number of nitrogen functional groups attached to an aromatic ring is 1. The van der Waals surface area contributed by atoms with Gasteiger partial charge in [0.2, 0.25) is 0 Å². The van der Waals surface area contributed by atoms with Crippen LogP contribution in [-0.2, 0) is 6.42 Å². The molecule has 1 heterocycles. The van der Waals surface area contributed by atoms with Gasteiger partial charge in [-0.05, 0) is 43.2 Å². The van der Waals surface area contributed by atoms with E-state index >= 15 is 0 Å². The molecule has 0 saturated heterocycles. The summed E-state index contributed by atoms with van der Waals surface area (Å²) in [5.74, 6) is -0.608. The van der Waals surface area contributed by atoms with Gasteiger partial charge in [0.1, 0.15) is 23.3 Å². The Morgan fingerprint density at radius 2 is 2.04 bits per heavy atom. The van der Waals surface area contributed by atoms with Crippen LogP contribution < -0.4 is 11.1 Å². The van der Waals surface area contributed by atoms with Gasteiger partial charge in [0.15, 0.2) is 0 Å². The number of amides is 1. The second-order valence-electron chi connectivity index (χ2n) is 6.05. The SMILES string of the molecule is N#Cc1c(CCCNC(=O)c2ccc(F)cc2Cl)nn(-c2ccccc2)c1N. The smallest absolute Gasteiger partial charge is 0.252 e. The van der Waals surface area contributed by atoms with E-state index < -0.39 is 5.82 Å². The quantitative estimate of drug-likeness (QED) is 0.622. The van der Waals surface area contributed by atoms with Crippen LogP contribution >= 0.6 is 11.6 Å². The summed E-state index contributed by atoms with van der Waals surface area (Å²) in [5.41, 5.74) is 7.94. The first-order chi connectivity index (χ1) is 13.5. The minimum Gasteiger partial charge on any atom is -0.382 e. The molecule has 0 spiro atoms. The molecule has 0 atom stereocenters. The maximum absolute atomic E-state index is 13.1. The Labute approximate surface area is 166 Å². The van der Waals surface area contributed by atoms with Crippen LogP contribution in [0.5, 0.6) is 0 Å². The number of benzene rings is 2. The molecule has 0 unspecified atom stereocenters. The molecule has 3 rings (SSSR count). The minimum atomic E-state index is -0.503. The van der Waals surface area contributed by atoms with Crippen molar-refractivity contribution in [3.05, 3.63) is 76.2 Å². The van der Waals surface area contributed by atoms with Crippen molar-refractivity contribution in [2.75, 3.05) is 12.3 Å². The lowest BCUT2D eigenvalue weighted by Gasteiger charge is -2.06. The van der Waals surface area contributed by atoms with Gasteiger partial charge in [-0.15, -0.1) is 0 Å². The number of carbonyl (C=O) groups is 1. The lowest BCUT2D eigenvalue weighted by molar-refractivity contribution is 0.0953. The summed E-state index contributed by atoms with van der Waals surface area (Å²) >= 11 is 5.89. The molecule has 1 aromatic heterocycles. The zero-order chi connectivity index (χ0) is 20.1. The number of hydrogen-bond acceptors (Lipinski definition) is 4. The van der Waals surface area contributed by atoms with Crippen LogP contribution in [0.4, 0.5) is 10.2 Å². The highest BCUT2D eigenvalue weighted by Crippen LogP contribution is 2.21. The molecule has 2 aromatic carbocycles. The maximum Gasteiger partial charge on any atom is 0.252 e. The van der Waals surface area contributed by atoms with E-state index in [-0.39, 0.29) is 22.3 Å². The largest absolute Gasteiger partial charge is 0.382 e. The van der Waals surface area contributed by atoms with Gasteiger partial charge in [0, 0.05) is 6.54 Å². The summed E-state index contributed by atoms with van der Waals surface area (Å²) in [4.78, 5) is 12.1. The van der Waals surface area contributed by atoms with E-state index in [0.29, 0.717) is 30.6 Å². The topological polar surface area (TPSA) is 96.7 Å². The first kappa shape index (κ1) is 19.4. The van der Waals surface area contributed by atoms with Crippen molar-refractivity contribution < 1.29 is 9.18 Å². The average molecular weight is 398 g/mol. The summed E-state index contributed by atoms with van der Waals surface area (Å²) in [5, 5.41) is 16.6. The molecule has 1 amide bonds. The van der Waals surface area contributed by atoms with E-state index in [9.17, 15) is 14.4 Å². The standard InChI is InChI=1S/C20H17ClFN5O/c21-17-11-13(22)8-9-15(17)20(28)25-10-4-7-18-16(12-23)19(24)27(26-18)14-5-2-1-3-6-14/h1-3,5-6,8-9,11H,4,7,10,24H2,(H,25,28). The molecule has 0 aliphatic carbocycles. The lowest BCUT2D eigenvalue weighted by atomic mass is 10.1. The minimum absolute atomic E-state index is 0.0543. The fraction of sp³-hybridized carbons (Fsp3) is 0.150. The molecular weight excluding hydrogens is 381 g/mol. The third-order valence-electron chi connectivity index (χ3n) is 4.16. The fourth-order valence-electron chi connectivity index (χ4n) is 2.77. The molecule has 28 heavy (non-hydrogen) atoms. The molecule has 0 aliphatic rings. The van der Waals surface area contributed by atoms with Gasteiger partial charge in [-0.3, -0.25) is 4.79 Å². The second-order valence-corrected chi connectivity index (χ2v) is 6.46. The van der Waals surface area contributed by atoms with E-state index in [2.05, 4.69) is 16.5 Å². The number of halogens is 2. The van der Waals surface area contributed by atoms with Gasteiger partial charge in [0.25, 0.3) is 5.91 Å². The Bertz CT molecular complexity index is 1040. The van der Waals surface area contributed by atoms with Crippen LogP contribution in [0.2, 0.25) is 5.02 Å². The molecule has 0 aliphatic heterocycles. The number of hydrogen-bond donors (Lipinski definition) is 2. The van der Waals surface area contributed by atoms with Crippen molar-refractivity contribution in [1.29, 1.82) is 5.26 Å². The van der Waals surface area contributed by atoms with Crippen LogP contribution in [0.25, 0.3) is 5.69 Å². The van der Waals surface area contributed by atoms with Crippen molar-refractivity contribution >= 4 is 23.3 Å². The Morgan fingerprint density at radius 3 is 2.71 bits per heavy atom. The molecular formula is C20H17ClFN5O. The first-order valence-corrected chi connectivity index (χ1v) is 8.95. The Balaban J connectivity index is 1.64. The Kier molecular flexibility index (Phi) is 5.92. The number of nitriles is 1. The molecule has 3 aromatic rings. The first-order valence-electron chi connectivity index (χ1n) is 8.57. The van der Waals surface area contributed by atoms with Gasteiger partial charge < -0.3 is 11.1 Å².